The smallest absolute Gasteiger partial charge is 0.146 e. The van der Waals surface area contributed by atoms with E-state index in [2.05, 4.69) is 11.8 Å². The summed E-state index contributed by atoms with van der Waals surface area (Å²) in [7, 11) is 2.03. The van der Waals surface area contributed by atoms with Crippen molar-refractivity contribution in [1.82, 2.24) is 4.90 Å². The molecule has 0 radical (unpaired) electrons. The van der Waals surface area contributed by atoms with Gasteiger partial charge in [-0.3, -0.25) is 0 Å². The Hall–Kier alpha value is -1.09. The molecule has 1 aromatic rings. The lowest BCUT2D eigenvalue weighted by atomic mass is 10.2. The predicted octanol–water partition coefficient (Wildman–Crippen LogP) is 2.25. The first-order valence-electron chi connectivity index (χ1n) is 4.86. The fourth-order valence-corrected chi connectivity index (χ4v) is 1.44. The van der Waals surface area contributed by atoms with Gasteiger partial charge in [0.25, 0.3) is 0 Å². The molecule has 0 saturated carbocycles. The Morgan fingerprint density at radius 3 is 2.71 bits per heavy atom. The third-order valence-corrected chi connectivity index (χ3v) is 2.12. The van der Waals surface area contributed by atoms with Gasteiger partial charge in [0.2, 0.25) is 0 Å². The summed E-state index contributed by atoms with van der Waals surface area (Å²) >= 11 is 0. The number of anilines is 1. The molecule has 0 amide bonds. The molecule has 2 N–H and O–H groups in total. The van der Waals surface area contributed by atoms with Crippen molar-refractivity contribution >= 4 is 5.69 Å². The van der Waals surface area contributed by atoms with Crippen LogP contribution >= 0.6 is 0 Å². The SMILES string of the molecule is CCCN(C)Cc1ccc(N)c(F)c1. The molecule has 78 valence electrons. The van der Waals surface area contributed by atoms with Crippen molar-refractivity contribution in [3.63, 3.8) is 0 Å². The van der Waals surface area contributed by atoms with Gasteiger partial charge in [-0.05, 0) is 37.7 Å². The summed E-state index contributed by atoms with van der Waals surface area (Å²) in [5.74, 6) is -0.326. The minimum Gasteiger partial charge on any atom is -0.396 e. The highest BCUT2D eigenvalue weighted by Gasteiger charge is 2.02. The molecule has 1 aromatic carbocycles. The van der Waals surface area contributed by atoms with E-state index in [0.717, 1.165) is 25.1 Å². The highest BCUT2D eigenvalue weighted by molar-refractivity contribution is 5.41. The summed E-state index contributed by atoms with van der Waals surface area (Å²) in [5, 5.41) is 0. The Kier molecular flexibility index (Phi) is 3.89. The molecule has 0 atom stereocenters. The standard InChI is InChI=1S/C11H17FN2/c1-3-6-14(2)8-9-4-5-11(13)10(12)7-9/h4-5,7H,3,6,8,13H2,1-2H3. The topological polar surface area (TPSA) is 29.3 Å². The number of nitrogen functional groups attached to an aromatic ring is 1. The lowest BCUT2D eigenvalue weighted by molar-refractivity contribution is 0.327. The average molecular weight is 196 g/mol. The maximum Gasteiger partial charge on any atom is 0.146 e. The molecule has 0 heterocycles. The van der Waals surface area contributed by atoms with Crippen molar-refractivity contribution in [2.24, 2.45) is 0 Å². The molecule has 0 aliphatic heterocycles. The molecule has 3 heteroatoms. The Morgan fingerprint density at radius 2 is 2.14 bits per heavy atom. The lowest BCUT2D eigenvalue weighted by Gasteiger charge is -2.15. The van der Waals surface area contributed by atoms with Crippen LogP contribution in [0.1, 0.15) is 18.9 Å². The molecular weight excluding hydrogens is 179 g/mol. The molecule has 1 rings (SSSR count). The molecule has 14 heavy (non-hydrogen) atoms. The van der Waals surface area contributed by atoms with E-state index in [9.17, 15) is 4.39 Å². The van der Waals surface area contributed by atoms with Gasteiger partial charge in [-0.25, -0.2) is 4.39 Å². The fourth-order valence-electron chi connectivity index (χ4n) is 1.44. The Bertz CT molecular complexity index is 299. The normalized spacial score (nSPS) is 10.9. The van der Waals surface area contributed by atoms with Crippen LogP contribution in [0, 0.1) is 5.82 Å². The van der Waals surface area contributed by atoms with Crippen LogP contribution in [0.2, 0.25) is 0 Å². The summed E-state index contributed by atoms with van der Waals surface area (Å²) in [6, 6.07) is 4.98. The van der Waals surface area contributed by atoms with Gasteiger partial charge in [0, 0.05) is 6.54 Å². The Labute approximate surface area is 84.5 Å². The van der Waals surface area contributed by atoms with Gasteiger partial charge in [-0.1, -0.05) is 13.0 Å². The van der Waals surface area contributed by atoms with E-state index in [1.807, 2.05) is 13.1 Å². The van der Waals surface area contributed by atoms with E-state index in [0.29, 0.717) is 0 Å². The molecular formula is C11H17FN2. The van der Waals surface area contributed by atoms with E-state index in [4.69, 9.17) is 5.73 Å². The van der Waals surface area contributed by atoms with Crippen LogP contribution in [0.5, 0.6) is 0 Å². The highest BCUT2D eigenvalue weighted by Crippen LogP contribution is 2.13. The number of benzene rings is 1. The van der Waals surface area contributed by atoms with Gasteiger partial charge in [0.1, 0.15) is 5.82 Å². The number of hydrogen-bond donors (Lipinski definition) is 1. The third-order valence-electron chi connectivity index (χ3n) is 2.12. The lowest BCUT2D eigenvalue weighted by Crippen LogP contribution is -2.18. The van der Waals surface area contributed by atoms with Crippen molar-refractivity contribution in [2.45, 2.75) is 19.9 Å². The van der Waals surface area contributed by atoms with Crippen molar-refractivity contribution in [3.05, 3.63) is 29.6 Å². The van der Waals surface area contributed by atoms with Gasteiger partial charge < -0.3 is 10.6 Å². The minimum absolute atomic E-state index is 0.215. The molecule has 0 unspecified atom stereocenters. The monoisotopic (exact) mass is 196 g/mol. The number of nitrogens with two attached hydrogens (primary N) is 1. The van der Waals surface area contributed by atoms with Crippen LogP contribution in [-0.2, 0) is 6.54 Å². The fraction of sp³-hybridized carbons (Fsp3) is 0.455. The molecule has 0 fully saturated rings. The molecule has 0 aliphatic carbocycles. The van der Waals surface area contributed by atoms with Gasteiger partial charge in [0.05, 0.1) is 5.69 Å². The summed E-state index contributed by atoms with van der Waals surface area (Å²) in [6.45, 7) is 3.91. The average Bonchev–Trinajstić information content (AvgIpc) is 2.12. The van der Waals surface area contributed by atoms with E-state index < -0.39 is 0 Å². The van der Waals surface area contributed by atoms with Crippen LogP contribution in [0.4, 0.5) is 10.1 Å². The Balaban J connectivity index is 2.63. The number of rotatable bonds is 4. The molecule has 0 aliphatic rings. The first-order valence-corrected chi connectivity index (χ1v) is 4.86. The first-order chi connectivity index (χ1) is 6.63. The van der Waals surface area contributed by atoms with Crippen molar-refractivity contribution in [2.75, 3.05) is 19.3 Å². The molecule has 0 bridgehead atoms. The zero-order chi connectivity index (χ0) is 10.6. The second kappa shape index (κ2) is 4.96. The van der Waals surface area contributed by atoms with E-state index >= 15 is 0 Å². The predicted molar refractivity (Wildman–Crippen MR) is 57.4 cm³/mol. The number of hydrogen-bond acceptors (Lipinski definition) is 2. The van der Waals surface area contributed by atoms with Crippen molar-refractivity contribution in [1.29, 1.82) is 0 Å². The van der Waals surface area contributed by atoms with E-state index in [1.54, 1.807) is 6.07 Å². The highest BCUT2D eigenvalue weighted by atomic mass is 19.1. The van der Waals surface area contributed by atoms with Crippen molar-refractivity contribution in [3.8, 4) is 0 Å². The minimum atomic E-state index is -0.326. The summed E-state index contributed by atoms with van der Waals surface area (Å²) in [6.07, 6.45) is 1.11. The number of nitrogens with zero attached hydrogens (tertiary/aromatic N) is 1. The van der Waals surface area contributed by atoms with Gasteiger partial charge in [0.15, 0.2) is 0 Å². The summed E-state index contributed by atoms with van der Waals surface area (Å²) < 4.78 is 13.1. The zero-order valence-electron chi connectivity index (χ0n) is 8.76. The second-order valence-electron chi connectivity index (χ2n) is 3.59. The van der Waals surface area contributed by atoms with Gasteiger partial charge in [-0.2, -0.15) is 0 Å². The van der Waals surface area contributed by atoms with Gasteiger partial charge in [-0.15, -0.1) is 0 Å². The van der Waals surface area contributed by atoms with Gasteiger partial charge >= 0.3 is 0 Å². The number of halogens is 1. The summed E-state index contributed by atoms with van der Waals surface area (Å²) in [5.41, 5.74) is 6.57. The quantitative estimate of drug-likeness (QED) is 0.748. The van der Waals surface area contributed by atoms with Crippen LogP contribution < -0.4 is 5.73 Å². The van der Waals surface area contributed by atoms with E-state index in [1.165, 1.54) is 6.07 Å². The van der Waals surface area contributed by atoms with E-state index in [-0.39, 0.29) is 11.5 Å². The molecule has 0 saturated heterocycles. The van der Waals surface area contributed by atoms with Crippen LogP contribution in [0.25, 0.3) is 0 Å². The summed E-state index contributed by atoms with van der Waals surface area (Å²) in [4.78, 5) is 2.16. The van der Waals surface area contributed by atoms with Crippen LogP contribution in [0.15, 0.2) is 18.2 Å². The second-order valence-corrected chi connectivity index (χ2v) is 3.59. The van der Waals surface area contributed by atoms with Crippen molar-refractivity contribution < 1.29 is 4.39 Å². The largest absolute Gasteiger partial charge is 0.396 e. The van der Waals surface area contributed by atoms with Crippen LogP contribution in [0.3, 0.4) is 0 Å². The maximum absolute atomic E-state index is 13.1. The Morgan fingerprint density at radius 1 is 1.43 bits per heavy atom. The first kappa shape index (κ1) is 11.0. The molecule has 2 nitrogen and oxygen atoms in total. The molecule has 0 spiro atoms. The maximum atomic E-state index is 13.1. The zero-order valence-corrected chi connectivity index (χ0v) is 8.76. The molecule has 0 aromatic heterocycles. The van der Waals surface area contributed by atoms with Crippen LogP contribution in [-0.4, -0.2) is 18.5 Å². The third kappa shape index (κ3) is 3.00.